The predicted octanol–water partition coefficient (Wildman–Crippen LogP) is 6.87. The highest BCUT2D eigenvalue weighted by atomic mass is 16.1. The Balaban J connectivity index is 1.64. The number of amides is 1. The molecule has 0 aliphatic rings. The number of aromatic nitrogens is 2. The lowest BCUT2D eigenvalue weighted by Crippen LogP contribution is -2.07. The average molecular weight is 472 g/mol. The summed E-state index contributed by atoms with van der Waals surface area (Å²) in [7, 11) is 1.85. The first-order valence-corrected chi connectivity index (χ1v) is 11.6. The molecule has 0 aliphatic heterocycles. The number of fused-ring (bicyclic) bond motifs is 1. The number of hydrogen-bond donors (Lipinski definition) is 3. The fraction of sp³-hybridized carbons (Fsp3) is 0.0333. The van der Waals surface area contributed by atoms with E-state index in [-0.39, 0.29) is 5.91 Å². The molecular formula is C30H25N5O. The molecular weight excluding hydrogens is 446 g/mol. The van der Waals surface area contributed by atoms with Gasteiger partial charge in [-0.25, -0.2) is 9.97 Å². The second kappa shape index (κ2) is 10.1. The second-order valence-electron chi connectivity index (χ2n) is 8.24. The third-order valence-corrected chi connectivity index (χ3v) is 5.86. The number of rotatable bonds is 7. The fourth-order valence-electron chi connectivity index (χ4n) is 4.18. The first-order chi connectivity index (χ1) is 17.6. The van der Waals surface area contributed by atoms with Gasteiger partial charge in [0.1, 0.15) is 12.1 Å². The maximum atomic E-state index is 11.9. The first-order valence-electron chi connectivity index (χ1n) is 11.6. The van der Waals surface area contributed by atoms with E-state index >= 15 is 0 Å². The van der Waals surface area contributed by atoms with Crippen LogP contribution in [-0.2, 0) is 4.79 Å². The molecule has 0 fully saturated rings. The number of nitrogens with one attached hydrogen (secondary N) is 3. The third-order valence-electron chi connectivity index (χ3n) is 5.86. The molecule has 0 atom stereocenters. The summed E-state index contributed by atoms with van der Waals surface area (Å²) in [6, 6.07) is 30.3. The minimum absolute atomic E-state index is 0.256. The molecule has 4 aromatic carbocycles. The molecule has 0 saturated heterocycles. The van der Waals surface area contributed by atoms with E-state index < -0.39 is 0 Å². The van der Waals surface area contributed by atoms with Crippen molar-refractivity contribution in [2.75, 3.05) is 23.0 Å². The van der Waals surface area contributed by atoms with Crippen LogP contribution in [0.2, 0.25) is 0 Å². The maximum absolute atomic E-state index is 11.9. The van der Waals surface area contributed by atoms with Crippen LogP contribution in [0.4, 0.5) is 22.9 Å². The minimum Gasteiger partial charge on any atom is -0.373 e. The Morgan fingerprint density at radius 1 is 0.778 bits per heavy atom. The average Bonchev–Trinajstić information content (AvgIpc) is 2.93. The molecule has 0 radical (unpaired) electrons. The van der Waals surface area contributed by atoms with E-state index in [0.717, 1.165) is 50.3 Å². The molecule has 5 aromatic rings. The van der Waals surface area contributed by atoms with Gasteiger partial charge in [0.05, 0.1) is 5.52 Å². The summed E-state index contributed by atoms with van der Waals surface area (Å²) in [6.07, 6.45) is 2.82. The molecule has 3 N–H and O–H groups in total. The van der Waals surface area contributed by atoms with Crippen LogP contribution in [-0.4, -0.2) is 22.9 Å². The molecule has 176 valence electrons. The normalized spacial score (nSPS) is 10.6. The predicted molar refractivity (Wildman–Crippen MR) is 149 cm³/mol. The van der Waals surface area contributed by atoms with Crippen molar-refractivity contribution >= 4 is 39.7 Å². The summed E-state index contributed by atoms with van der Waals surface area (Å²) < 4.78 is 0. The van der Waals surface area contributed by atoms with Crippen molar-refractivity contribution in [1.82, 2.24) is 9.97 Å². The molecule has 5 rings (SSSR count). The summed E-state index contributed by atoms with van der Waals surface area (Å²) in [5, 5.41) is 10.4. The van der Waals surface area contributed by atoms with E-state index in [0.29, 0.717) is 5.69 Å². The summed E-state index contributed by atoms with van der Waals surface area (Å²) in [6.45, 7) is 3.53. The lowest BCUT2D eigenvalue weighted by atomic mass is 9.95. The van der Waals surface area contributed by atoms with Gasteiger partial charge in [0, 0.05) is 35.1 Å². The number of nitrogens with zero attached hydrogens (tertiary/aromatic N) is 2. The zero-order valence-electron chi connectivity index (χ0n) is 19.8. The number of benzene rings is 4. The second-order valence-corrected chi connectivity index (χ2v) is 8.24. The molecule has 6 heteroatoms. The molecule has 0 unspecified atom stereocenters. The van der Waals surface area contributed by atoms with Gasteiger partial charge in [-0.05, 0) is 71.3 Å². The number of hydrogen-bond acceptors (Lipinski definition) is 5. The molecule has 1 amide bonds. The van der Waals surface area contributed by atoms with Gasteiger partial charge in [-0.15, -0.1) is 0 Å². The SMILES string of the molecule is C=CC(=O)Nc1cccc(-c2cc(-c3cccc(Nc4ccccc4)c3)cc3c(NC)ncnc23)c1. The summed E-state index contributed by atoms with van der Waals surface area (Å²) >= 11 is 0. The van der Waals surface area contributed by atoms with Crippen LogP contribution in [0.25, 0.3) is 33.2 Å². The summed E-state index contributed by atoms with van der Waals surface area (Å²) in [4.78, 5) is 20.9. The third kappa shape index (κ3) is 4.79. The number of anilines is 4. The number of carbonyl (C=O) groups excluding carboxylic acids is 1. The van der Waals surface area contributed by atoms with Crippen molar-refractivity contribution in [1.29, 1.82) is 0 Å². The van der Waals surface area contributed by atoms with E-state index in [4.69, 9.17) is 0 Å². The van der Waals surface area contributed by atoms with Crippen LogP contribution in [0.5, 0.6) is 0 Å². The van der Waals surface area contributed by atoms with Crippen molar-refractivity contribution in [3.05, 3.63) is 110 Å². The minimum atomic E-state index is -0.256. The van der Waals surface area contributed by atoms with Crippen molar-refractivity contribution in [3.8, 4) is 22.3 Å². The molecule has 0 saturated carbocycles. The van der Waals surface area contributed by atoms with Gasteiger partial charge in [-0.3, -0.25) is 4.79 Å². The van der Waals surface area contributed by atoms with Gasteiger partial charge in [0.15, 0.2) is 0 Å². The molecule has 0 aliphatic carbocycles. The highest BCUT2D eigenvalue weighted by Gasteiger charge is 2.14. The maximum Gasteiger partial charge on any atom is 0.247 e. The Morgan fingerprint density at radius 3 is 2.28 bits per heavy atom. The van der Waals surface area contributed by atoms with Crippen LogP contribution < -0.4 is 16.0 Å². The number of para-hydroxylation sites is 1. The van der Waals surface area contributed by atoms with Crippen molar-refractivity contribution in [3.63, 3.8) is 0 Å². The summed E-state index contributed by atoms with van der Waals surface area (Å²) in [5.74, 6) is 0.492. The van der Waals surface area contributed by atoms with Gasteiger partial charge in [0.25, 0.3) is 0 Å². The Hall–Kier alpha value is -4.97. The molecule has 36 heavy (non-hydrogen) atoms. The van der Waals surface area contributed by atoms with E-state index in [1.807, 2.05) is 73.8 Å². The Morgan fingerprint density at radius 2 is 1.50 bits per heavy atom. The van der Waals surface area contributed by atoms with Gasteiger partial charge in [-0.1, -0.05) is 49.0 Å². The Kier molecular flexibility index (Phi) is 6.40. The lowest BCUT2D eigenvalue weighted by molar-refractivity contribution is -0.111. The lowest BCUT2D eigenvalue weighted by Gasteiger charge is -2.14. The van der Waals surface area contributed by atoms with Gasteiger partial charge >= 0.3 is 0 Å². The first kappa shape index (κ1) is 22.8. The smallest absolute Gasteiger partial charge is 0.247 e. The van der Waals surface area contributed by atoms with Crippen molar-refractivity contribution < 1.29 is 4.79 Å². The highest BCUT2D eigenvalue weighted by molar-refractivity contribution is 6.03. The fourth-order valence-corrected chi connectivity index (χ4v) is 4.18. The largest absolute Gasteiger partial charge is 0.373 e. The molecule has 6 nitrogen and oxygen atoms in total. The van der Waals surface area contributed by atoms with Gasteiger partial charge < -0.3 is 16.0 Å². The Bertz CT molecular complexity index is 1560. The topological polar surface area (TPSA) is 78.9 Å². The Labute approximate surface area is 209 Å². The monoisotopic (exact) mass is 471 g/mol. The summed E-state index contributed by atoms with van der Waals surface area (Å²) in [5.41, 5.74) is 7.49. The zero-order valence-corrected chi connectivity index (χ0v) is 19.8. The van der Waals surface area contributed by atoms with Crippen LogP contribution in [0.1, 0.15) is 0 Å². The van der Waals surface area contributed by atoms with Crippen LogP contribution >= 0.6 is 0 Å². The standard InChI is InChI=1S/C30H25N5O/c1-3-28(36)35-25-14-8-10-21(16-25)26-17-22(18-27-29(26)32-19-33-30(27)31-2)20-9-7-13-24(15-20)34-23-11-5-4-6-12-23/h3-19,34H,1H2,2H3,(H,35,36)(H,31,32,33). The molecule has 1 aromatic heterocycles. The highest BCUT2D eigenvalue weighted by Crippen LogP contribution is 2.36. The van der Waals surface area contributed by atoms with Crippen LogP contribution in [0, 0.1) is 0 Å². The van der Waals surface area contributed by atoms with E-state index in [2.05, 4.69) is 56.8 Å². The van der Waals surface area contributed by atoms with Crippen LogP contribution in [0.3, 0.4) is 0 Å². The van der Waals surface area contributed by atoms with Crippen molar-refractivity contribution in [2.45, 2.75) is 0 Å². The molecule has 0 bridgehead atoms. The van der Waals surface area contributed by atoms with Crippen LogP contribution in [0.15, 0.2) is 110 Å². The molecule has 0 spiro atoms. The van der Waals surface area contributed by atoms with Gasteiger partial charge in [0.2, 0.25) is 5.91 Å². The quantitative estimate of drug-likeness (QED) is 0.226. The van der Waals surface area contributed by atoms with E-state index in [9.17, 15) is 4.79 Å². The van der Waals surface area contributed by atoms with Gasteiger partial charge in [-0.2, -0.15) is 0 Å². The zero-order chi connectivity index (χ0) is 24.9. The number of carbonyl (C=O) groups is 1. The molecule has 1 heterocycles. The van der Waals surface area contributed by atoms with E-state index in [1.165, 1.54) is 6.08 Å². The van der Waals surface area contributed by atoms with Crippen molar-refractivity contribution in [2.24, 2.45) is 0 Å². The van der Waals surface area contributed by atoms with E-state index in [1.54, 1.807) is 6.33 Å².